The van der Waals surface area contributed by atoms with E-state index < -0.39 is 0 Å². The summed E-state index contributed by atoms with van der Waals surface area (Å²) in [5.74, 6) is 1.08. The fourth-order valence-corrected chi connectivity index (χ4v) is 5.68. The summed E-state index contributed by atoms with van der Waals surface area (Å²) in [5.41, 5.74) is 3.16. The molecule has 3 aliphatic rings. The summed E-state index contributed by atoms with van der Waals surface area (Å²) in [7, 11) is 2.22. The number of likely N-dealkylation sites (tertiary alicyclic amines) is 2. The highest BCUT2D eigenvalue weighted by Crippen LogP contribution is 2.40. The van der Waals surface area contributed by atoms with Crippen LogP contribution in [-0.2, 0) is 6.54 Å². The smallest absolute Gasteiger partial charge is 0.339 e. The zero-order valence-electron chi connectivity index (χ0n) is 19.1. The number of hydrogen-bond acceptors (Lipinski definition) is 4. The summed E-state index contributed by atoms with van der Waals surface area (Å²) in [4.78, 5) is 31.8. The minimum Gasteiger partial charge on any atom is -0.339 e. The van der Waals surface area contributed by atoms with E-state index in [1.165, 1.54) is 22.0 Å². The Balaban J connectivity index is 1.15. The van der Waals surface area contributed by atoms with Crippen molar-refractivity contribution in [1.82, 2.24) is 24.5 Å². The normalized spacial score (nSPS) is 25.0. The molecule has 7 nitrogen and oxygen atoms in total. The van der Waals surface area contributed by atoms with E-state index in [0.717, 1.165) is 58.4 Å². The van der Waals surface area contributed by atoms with Crippen molar-refractivity contribution in [2.45, 2.75) is 45.2 Å². The number of nitrogens with zero attached hydrogens (tertiary/aromatic N) is 5. The van der Waals surface area contributed by atoms with E-state index in [1.54, 1.807) is 6.20 Å². The number of rotatable bonds is 4. The van der Waals surface area contributed by atoms with Crippen LogP contribution in [0.3, 0.4) is 0 Å². The fourth-order valence-electron chi connectivity index (χ4n) is 5.68. The van der Waals surface area contributed by atoms with Crippen LogP contribution < -0.4 is 0 Å². The highest BCUT2D eigenvalue weighted by molar-refractivity contribution is 5.94. The second-order valence-electron chi connectivity index (χ2n) is 9.91. The average Bonchev–Trinajstić information content (AvgIpc) is 3.58. The van der Waals surface area contributed by atoms with Gasteiger partial charge in [0, 0.05) is 45.0 Å². The first kappa shape index (κ1) is 21.2. The molecule has 2 saturated heterocycles. The van der Waals surface area contributed by atoms with Gasteiger partial charge in [0.2, 0.25) is 0 Å². The molecule has 0 bridgehead atoms. The first-order chi connectivity index (χ1) is 15.5. The second kappa shape index (κ2) is 8.70. The third-order valence-electron chi connectivity index (χ3n) is 7.59. The highest BCUT2D eigenvalue weighted by Gasteiger charge is 2.43. The molecule has 32 heavy (non-hydrogen) atoms. The lowest BCUT2D eigenvalue weighted by Gasteiger charge is -2.26. The molecule has 3 atom stereocenters. The first-order valence-electron chi connectivity index (χ1n) is 11.9. The molecule has 2 amide bonds. The van der Waals surface area contributed by atoms with Crippen LogP contribution in [0.4, 0.5) is 4.79 Å². The maximum atomic E-state index is 13.0. The van der Waals surface area contributed by atoms with Crippen molar-refractivity contribution >= 4 is 11.9 Å². The Labute approximate surface area is 190 Å². The van der Waals surface area contributed by atoms with Gasteiger partial charge in [0.1, 0.15) is 0 Å². The van der Waals surface area contributed by atoms with Crippen LogP contribution in [0.25, 0.3) is 0 Å². The summed E-state index contributed by atoms with van der Waals surface area (Å²) in [6, 6.07) is 9.25. The number of aryl methyl sites for hydroxylation is 1. The molecule has 2 aromatic rings. The van der Waals surface area contributed by atoms with Gasteiger partial charge >= 0.3 is 6.03 Å². The van der Waals surface area contributed by atoms with Crippen LogP contribution >= 0.6 is 0 Å². The van der Waals surface area contributed by atoms with Crippen LogP contribution in [0.15, 0.2) is 36.7 Å². The number of hydrogen-bond donors (Lipinski definition) is 0. The number of benzene rings is 1. The minimum atomic E-state index is -0.107. The summed E-state index contributed by atoms with van der Waals surface area (Å²) in [6.07, 6.45) is 7.51. The summed E-state index contributed by atoms with van der Waals surface area (Å²) >= 11 is 0. The zero-order valence-corrected chi connectivity index (χ0v) is 19.1. The third kappa shape index (κ3) is 4.18. The van der Waals surface area contributed by atoms with Gasteiger partial charge in [0.15, 0.2) is 0 Å². The van der Waals surface area contributed by atoms with Gasteiger partial charge < -0.3 is 9.80 Å². The standard InChI is InChI=1S/C25H33N5O2/c1-18-5-7-19(8-6-18)14-27(2)23-11-20-15-29(16-21(20)12-23)25(32)30-17-22(13-26-30)24(31)28-9-3-4-10-28/h5-8,13,17,20-21,23H,3-4,9-12,14-16H2,1-2H3/t20-,21+,23-. The van der Waals surface area contributed by atoms with Gasteiger partial charge in [-0.3, -0.25) is 9.69 Å². The predicted molar refractivity (Wildman–Crippen MR) is 122 cm³/mol. The average molecular weight is 436 g/mol. The van der Waals surface area contributed by atoms with Crippen LogP contribution in [0, 0.1) is 18.8 Å². The van der Waals surface area contributed by atoms with Crippen molar-refractivity contribution < 1.29 is 9.59 Å². The van der Waals surface area contributed by atoms with E-state index in [4.69, 9.17) is 0 Å². The molecule has 3 heterocycles. The topological polar surface area (TPSA) is 61.7 Å². The van der Waals surface area contributed by atoms with Gasteiger partial charge in [-0.05, 0) is 57.1 Å². The minimum absolute atomic E-state index is 0.0145. The van der Waals surface area contributed by atoms with Gasteiger partial charge in [-0.2, -0.15) is 9.78 Å². The molecule has 0 N–H and O–H groups in total. The van der Waals surface area contributed by atoms with E-state index >= 15 is 0 Å². The van der Waals surface area contributed by atoms with E-state index in [2.05, 4.69) is 48.2 Å². The van der Waals surface area contributed by atoms with Crippen molar-refractivity contribution in [3.8, 4) is 0 Å². The summed E-state index contributed by atoms with van der Waals surface area (Å²) < 4.78 is 1.35. The predicted octanol–water partition coefficient (Wildman–Crippen LogP) is 3.24. The van der Waals surface area contributed by atoms with Crippen LogP contribution in [0.2, 0.25) is 0 Å². The van der Waals surface area contributed by atoms with Gasteiger partial charge in [-0.15, -0.1) is 0 Å². The first-order valence-corrected chi connectivity index (χ1v) is 11.9. The van der Waals surface area contributed by atoms with Crippen molar-refractivity contribution in [3.63, 3.8) is 0 Å². The molecular formula is C25H33N5O2. The van der Waals surface area contributed by atoms with Gasteiger partial charge in [0.05, 0.1) is 11.8 Å². The molecule has 5 rings (SSSR count). The highest BCUT2D eigenvalue weighted by atomic mass is 16.2. The maximum Gasteiger partial charge on any atom is 0.344 e. The molecule has 2 aliphatic heterocycles. The molecule has 0 unspecified atom stereocenters. The van der Waals surface area contributed by atoms with E-state index in [-0.39, 0.29) is 11.9 Å². The van der Waals surface area contributed by atoms with Crippen LogP contribution in [-0.4, -0.2) is 75.7 Å². The summed E-state index contributed by atoms with van der Waals surface area (Å²) in [5, 5.41) is 4.21. The fraction of sp³-hybridized carbons (Fsp3) is 0.560. The Morgan fingerprint density at radius 3 is 2.34 bits per heavy atom. The molecule has 0 radical (unpaired) electrons. The zero-order chi connectivity index (χ0) is 22.2. The van der Waals surface area contributed by atoms with E-state index in [1.807, 2.05) is 9.80 Å². The molecule has 1 aromatic carbocycles. The number of amides is 2. The van der Waals surface area contributed by atoms with Crippen molar-refractivity contribution in [1.29, 1.82) is 0 Å². The Kier molecular flexibility index (Phi) is 5.76. The van der Waals surface area contributed by atoms with Crippen molar-refractivity contribution in [2.75, 3.05) is 33.2 Å². The number of carbonyl (C=O) groups excluding carboxylic acids is 2. The maximum absolute atomic E-state index is 13.0. The van der Waals surface area contributed by atoms with Gasteiger partial charge in [-0.1, -0.05) is 29.8 Å². The quantitative estimate of drug-likeness (QED) is 0.740. The SMILES string of the molecule is Cc1ccc(CN(C)[C@@H]2C[C@@H]3CN(C(=O)n4cc(C(=O)N5CCCC5)cn4)C[C@@H]3C2)cc1. The molecule has 170 valence electrons. The number of carbonyl (C=O) groups is 2. The molecule has 1 saturated carbocycles. The molecule has 1 aromatic heterocycles. The Morgan fingerprint density at radius 2 is 1.69 bits per heavy atom. The third-order valence-corrected chi connectivity index (χ3v) is 7.59. The summed E-state index contributed by atoms with van der Waals surface area (Å²) in [6.45, 7) is 6.25. The lowest BCUT2D eigenvalue weighted by molar-refractivity contribution is 0.0793. The number of aromatic nitrogens is 2. The van der Waals surface area contributed by atoms with E-state index in [9.17, 15) is 9.59 Å². The molecule has 1 aliphatic carbocycles. The number of fused-ring (bicyclic) bond motifs is 1. The van der Waals surface area contributed by atoms with E-state index in [0.29, 0.717) is 23.4 Å². The molecule has 7 heteroatoms. The second-order valence-corrected chi connectivity index (χ2v) is 9.91. The Hall–Kier alpha value is -2.67. The Morgan fingerprint density at radius 1 is 1.03 bits per heavy atom. The lowest BCUT2D eigenvalue weighted by Crippen LogP contribution is -2.36. The van der Waals surface area contributed by atoms with Crippen molar-refractivity contribution in [2.24, 2.45) is 11.8 Å². The molecule has 3 fully saturated rings. The molecule has 0 spiro atoms. The van der Waals surface area contributed by atoms with Crippen molar-refractivity contribution in [3.05, 3.63) is 53.3 Å². The van der Waals surface area contributed by atoms with Gasteiger partial charge in [0.25, 0.3) is 5.91 Å². The van der Waals surface area contributed by atoms with Gasteiger partial charge in [-0.25, -0.2) is 4.79 Å². The van der Waals surface area contributed by atoms with Crippen LogP contribution in [0.5, 0.6) is 0 Å². The Bertz CT molecular complexity index is 964. The lowest BCUT2D eigenvalue weighted by atomic mass is 10.0. The largest absolute Gasteiger partial charge is 0.344 e. The monoisotopic (exact) mass is 435 g/mol. The molecular weight excluding hydrogens is 402 g/mol. The van der Waals surface area contributed by atoms with Crippen LogP contribution in [0.1, 0.15) is 47.2 Å².